The number of benzene rings is 1. The maximum atomic E-state index is 14.1. The van der Waals surface area contributed by atoms with E-state index in [2.05, 4.69) is 27.5 Å². The fourth-order valence-corrected chi connectivity index (χ4v) is 6.33. The Labute approximate surface area is 269 Å². The van der Waals surface area contributed by atoms with Gasteiger partial charge in [0.15, 0.2) is 5.65 Å². The van der Waals surface area contributed by atoms with E-state index >= 15 is 0 Å². The van der Waals surface area contributed by atoms with E-state index in [-0.39, 0.29) is 65.5 Å². The van der Waals surface area contributed by atoms with Crippen LogP contribution in [0.3, 0.4) is 0 Å². The largest absolute Gasteiger partial charge is 0.477 e. The second kappa shape index (κ2) is 13.3. The number of carbonyl (C=O) groups excluding carboxylic acids is 2. The number of methoxy groups -OCH3 is 1. The van der Waals surface area contributed by atoms with Crippen molar-refractivity contribution in [3.05, 3.63) is 80.0 Å². The number of carboxylic acid groups (broad SMARTS) is 1. The third kappa shape index (κ3) is 6.43. The van der Waals surface area contributed by atoms with Gasteiger partial charge < -0.3 is 31.9 Å². The standard InChI is InChI=1S/C19H13FN6O5.C12H21NO2.CH4/c20-9-2-1-8(3-10(9)25-15-14(21)16(27)17(15)28)5-23-18(29)11-4-12(19(30)31)26-7-22-6-13(26)24-11;1-9(13)11-3-6-12(7-4-11,8-5-11)10(14)15-2;/h1-4,6-7,25H,5,21H2,(H,23,29)(H,30,31);9H,3-8,13H2,1-2H3;1H4/t;9-,11?,12?;/m.0./s1. The van der Waals surface area contributed by atoms with Crippen LogP contribution >= 0.6 is 0 Å². The van der Waals surface area contributed by atoms with Gasteiger partial charge in [-0.05, 0) is 68.6 Å². The molecule has 7 rings (SSSR count). The molecule has 3 aliphatic carbocycles. The molecule has 2 aromatic carbocycles. The zero-order valence-electron chi connectivity index (χ0n) is 25.3. The molecule has 2 aromatic heterocycles. The molecule has 3 aliphatic rings. The number of carbonyl (C=O) groups is 3. The van der Waals surface area contributed by atoms with Gasteiger partial charge in [0.25, 0.3) is 16.8 Å². The number of anilines is 3. The molecule has 7 N–H and O–H groups in total. The number of rotatable bonds is 8. The van der Waals surface area contributed by atoms with Crippen molar-refractivity contribution in [2.24, 2.45) is 16.6 Å². The molecule has 14 nitrogen and oxygen atoms in total. The molecule has 0 saturated heterocycles. The Hall–Kier alpha value is -5.18. The second-order valence-electron chi connectivity index (χ2n) is 11.9. The molecule has 2 heterocycles. The number of ether oxygens (including phenoxy) is 1. The Kier molecular flexibility index (Phi) is 9.80. The summed E-state index contributed by atoms with van der Waals surface area (Å²) in [7, 11) is 1.50. The summed E-state index contributed by atoms with van der Waals surface area (Å²) in [6, 6.07) is 5.22. The van der Waals surface area contributed by atoms with Crippen molar-refractivity contribution in [3.8, 4) is 0 Å². The van der Waals surface area contributed by atoms with Gasteiger partial charge in [0.05, 0.1) is 24.4 Å². The van der Waals surface area contributed by atoms with Crippen molar-refractivity contribution in [1.29, 1.82) is 0 Å². The summed E-state index contributed by atoms with van der Waals surface area (Å²) in [5.41, 5.74) is 9.73. The lowest BCUT2D eigenvalue weighted by molar-refractivity contribution is -0.163. The molecule has 4 aromatic rings. The van der Waals surface area contributed by atoms with E-state index in [1.807, 2.05) is 0 Å². The highest BCUT2D eigenvalue weighted by Crippen LogP contribution is 2.58. The number of hydrogen-bond acceptors (Lipinski definition) is 11. The van der Waals surface area contributed by atoms with E-state index in [9.17, 15) is 33.5 Å². The SMILES string of the molecule is C.COC(=O)C12CCC([C@H](C)N)(CC1)CC2.Nc1c(Nc2cc(CNC(=O)c3cc(C(=O)O)n4cncc4n3)ccc2F)c(=O)c1=O. The summed E-state index contributed by atoms with van der Waals surface area (Å²) in [6.07, 6.45) is 8.79. The molecule has 250 valence electrons. The van der Waals surface area contributed by atoms with Crippen molar-refractivity contribution in [2.45, 2.75) is 65.5 Å². The van der Waals surface area contributed by atoms with Gasteiger partial charge in [-0.25, -0.2) is 19.2 Å². The van der Waals surface area contributed by atoms with Gasteiger partial charge in [0, 0.05) is 18.7 Å². The van der Waals surface area contributed by atoms with Crippen molar-refractivity contribution in [2.75, 3.05) is 18.2 Å². The van der Waals surface area contributed by atoms with Crippen LogP contribution in [-0.4, -0.2) is 50.5 Å². The minimum absolute atomic E-state index is 0. The summed E-state index contributed by atoms with van der Waals surface area (Å²) in [5, 5.41) is 14.4. The predicted octanol–water partition coefficient (Wildman–Crippen LogP) is 2.90. The van der Waals surface area contributed by atoms with Gasteiger partial charge in [-0.3, -0.25) is 23.6 Å². The number of aromatic nitrogens is 3. The van der Waals surface area contributed by atoms with Crippen LogP contribution < -0.4 is 33.0 Å². The normalized spacial score (nSPS) is 20.4. The monoisotopic (exact) mass is 651 g/mol. The first-order valence-electron chi connectivity index (χ1n) is 14.6. The number of nitrogens with zero attached hydrogens (tertiary/aromatic N) is 3. The Bertz CT molecular complexity index is 1890. The topological polar surface area (TPSA) is 221 Å². The fraction of sp³-hybridized carbons (Fsp3) is 0.406. The van der Waals surface area contributed by atoms with E-state index in [0.717, 1.165) is 50.7 Å². The van der Waals surface area contributed by atoms with Crippen molar-refractivity contribution in [1.82, 2.24) is 19.7 Å². The lowest BCUT2D eigenvalue weighted by atomic mass is 9.52. The molecule has 3 fully saturated rings. The van der Waals surface area contributed by atoms with Gasteiger partial charge in [0.2, 0.25) is 0 Å². The molecule has 0 spiro atoms. The first-order chi connectivity index (χ1) is 21.8. The third-order valence-corrected chi connectivity index (χ3v) is 9.42. The van der Waals surface area contributed by atoms with E-state index in [0.29, 0.717) is 11.0 Å². The van der Waals surface area contributed by atoms with E-state index in [1.54, 1.807) is 0 Å². The van der Waals surface area contributed by atoms with Gasteiger partial charge in [-0.1, -0.05) is 13.5 Å². The van der Waals surface area contributed by atoms with E-state index < -0.39 is 28.6 Å². The first-order valence-corrected chi connectivity index (χ1v) is 14.6. The molecule has 15 heteroatoms. The highest BCUT2D eigenvalue weighted by molar-refractivity contribution is 5.96. The van der Waals surface area contributed by atoms with E-state index in [1.165, 1.54) is 36.2 Å². The molecular weight excluding hydrogens is 613 g/mol. The van der Waals surface area contributed by atoms with Gasteiger partial charge in [-0.2, -0.15) is 0 Å². The summed E-state index contributed by atoms with van der Waals surface area (Å²) in [6.45, 7) is 2.06. The Balaban J connectivity index is 0.000000262. The molecule has 0 unspecified atom stereocenters. The lowest BCUT2D eigenvalue weighted by Crippen LogP contribution is -2.52. The Morgan fingerprint density at radius 1 is 1.11 bits per heavy atom. The molecule has 1 amide bonds. The molecule has 1 atom stereocenters. The van der Waals surface area contributed by atoms with Crippen LogP contribution in [0.4, 0.5) is 21.5 Å². The van der Waals surface area contributed by atoms with Crippen molar-refractivity contribution in [3.63, 3.8) is 0 Å². The van der Waals surface area contributed by atoms with Gasteiger partial charge in [-0.15, -0.1) is 0 Å². The van der Waals surface area contributed by atoms with Crippen LogP contribution in [0.25, 0.3) is 5.65 Å². The zero-order chi connectivity index (χ0) is 33.4. The minimum Gasteiger partial charge on any atom is -0.477 e. The number of esters is 1. The van der Waals surface area contributed by atoms with Crippen molar-refractivity contribution < 1.29 is 28.6 Å². The average molecular weight is 652 g/mol. The first kappa shape index (κ1) is 34.7. The number of nitrogens with two attached hydrogens (primary N) is 2. The predicted molar refractivity (Wildman–Crippen MR) is 172 cm³/mol. The average Bonchev–Trinajstić information content (AvgIpc) is 3.55. The molecule has 0 aliphatic heterocycles. The van der Waals surface area contributed by atoms with Crippen LogP contribution in [0.2, 0.25) is 0 Å². The maximum absolute atomic E-state index is 14.1. The smallest absolute Gasteiger partial charge is 0.353 e. The molecule has 2 bridgehead atoms. The van der Waals surface area contributed by atoms with Crippen LogP contribution in [-0.2, 0) is 16.1 Å². The number of fused-ring (bicyclic) bond motifs is 4. The van der Waals surface area contributed by atoms with Crippen molar-refractivity contribution >= 4 is 40.6 Å². The number of carboxylic acids is 1. The highest BCUT2D eigenvalue weighted by atomic mass is 19.1. The lowest BCUT2D eigenvalue weighted by Gasteiger charge is -2.53. The maximum Gasteiger partial charge on any atom is 0.353 e. The number of nitrogens with one attached hydrogen (secondary N) is 2. The highest BCUT2D eigenvalue weighted by Gasteiger charge is 2.54. The number of hydrogen-bond donors (Lipinski definition) is 5. The van der Waals surface area contributed by atoms with Gasteiger partial charge >= 0.3 is 11.9 Å². The van der Waals surface area contributed by atoms with Crippen LogP contribution in [0.15, 0.2) is 46.4 Å². The summed E-state index contributed by atoms with van der Waals surface area (Å²) >= 11 is 0. The third-order valence-electron chi connectivity index (χ3n) is 9.42. The quantitative estimate of drug-likeness (QED) is 0.137. The Morgan fingerprint density at radius 3 is 2.34 bits per heavy atom. The summed E-state index contributed by atoms with van der Waals surface area (Å²) in [4.78, 5) is 66.2. The van der Waals surface area contributed by atoms with Crippen LogP contribution in [0.1, 0.15) is 79.4 Å². The number of aromatic carboxylic acids is 1. The van der Waals surface area contributed by atoms with Crippen LogP contribution in [0, 0.1) is 16.6 Å². The molecular formula is C32H38FN7O7. The Morgan fingerprint density at radius 2 is 1.77 bits per heavy atom. The van der Waals surface area contributed by atoms with Gasteiger partial charge in [0.1, 0.15) is 34.9 Å². The number of nitrogen functional groups attached to an aromatic ring is 1. The second-order valence-corrected chi connectivity index (χ2v) is 11.9. The minimum atomic E-state index is -1.26. The summed E-state index contributed by atoms with van der Waals surface area (Å²) < 4.78 is 20.2. The fourth-order valence-electron chi connectivity index (χ4n) is 6.33. The van der Waals surface area contributed by atoms with E-state index in [4.69, 9.17) is 16.2 Å². The molecule has 3 saturated carbocycles. The summed E-state index contributed by atoms with van der Waals surface area (Å²) in [5.74, 6) is -2.61. The number of halogens is 1. The zero-order valence-corrected chi connectivity index (χ0v) is 25.3. The van der Waals surface area contributed by atoms with Crippen LogP contribution in [0.5, 0.6) is 0 Å². The molecule has 47 heavy (non-hydrogen) atoms. The number of imidazole rings is 1. The molecule has 0 radical (unpaired) electrons. The number of amides is 1.